The molecule has 0 unspecified atom stereocenters. The Hall–Kier alpha value is -1.42. The largest absolute Gasteiger partial charge is 0.336 e. The third kappa shape index (κ3) is 3.49. The highest BCUT2D eigenvalue weighted by Gasteiger charge is 2.29. The minimum atomic E-state index is -0.298. The average Bonchev–Trinajstić information content (AvgIpc) is 2.55. The highest BCUT2D eigenvalue weighted by molar-refractivity contribution is 5.94. The summed E-state index contributed by atoms with van der Waals surface area (Å²) in [6.07, 6.45) is 5.29. The Bertz CT molecular complexity index is 508. The zero-order valence-electron chi connectivity index (χ0n) is 13.3. The zero-order valence-corrected chi connectivity index (χ0v) is 13.3. The van der Waals surface area contributed by atoms with Gasteiger partial charge in [0, 0.05) is 37.8 Å². The van der Waals surface area contributed by atoms with Crippen LogP contribution in [0.25, 0.3) is 0 Å². The van der Waals surface area contributed by atoms with E-state index in [0.717, 1.165) is 32.1 Å². The van der Waals surface area contributed by atoms with Crippen LogP contribution in [0.4, 0.5) is 4.39 Å². The van der Waals surface area contributed by atoms with Crippen LogP contribution in [0.2, 0.25) is 0 Å². The van der Waals surface area contributed by atoms with E-state index in [9.17, 15) is 9.18 Å². The molecule has 1 aromatic rings. The maximum absolute atomic E-state index is 12.9. The summed E-state index contributed by atoms with van der Waals surface area (Å²) in [6.45, 7) is 5.83. The molecule has 120 valence electrons. The maximum atomic E-state index is 12.9. The molecule has 1 saturated carbocycles. The van der Waals surface area contributed by atoms with Gasteiger partial charge in [-0.1, -0.05) is 19.8 Å². The van der Waals surface area contributed by atoms with Crippen LogP contribution in [0.15, 0.2) is 24.3 Å². The summed E-state index contributed by atoms with van der Waals surface area (Å²) in [7, 11) is 0. The summed E-state index contributed by atoms with van der Waals surface area (Å²) in [6, 6.07) is 6.56. The van der Waals surface area contributed by atoms with Crippen molar-refractivity contribution in [3.05, 3.63) is 35.6 Å². The molecule has 1 saturated heterocycles. The molecule has 22 heavy (non-hydrogen) atoms. The molecule has 1 amide bonds. The van der Waals surface area contributed by atoms with Gasteiger partial charge < -0.3 is 4.90 Å². The summed E-state index contributed by atoms with van der Waals surface area (Å²) >= 11 is 0. The third-order valence-corrected chi connectivity index (χ3v) is 5.12. The summed E-state index contributed by atoms with van der Waals surface area (Å²) in [5.41, 5.74) is 0.584. The minimum Gasteiger partial charge on any atom is -0.336 e. The maximum Gasteiger partial charge on any atom is 0.253 e. The SMILES string of the molecule is C[C@@H]1CCC[C@H](N2CCN(C(=O)c3ccc(F)cc3)CC2)C1. The molecular formula is C18H25FN2O. The van der Waals surface area contributed by atoms with Gasteiger partial charge in [0.2, 0.25) is 0 Å². The van der Waals surface area contributed by atoms with E-state index in [4.69, 9.17) is 0 Å². The van der Waals surface area contributed by atoms with Crippen molar-refractivity contribution in [1.82, 2.24) is 9.80 Å². The highest BCUT2D eigenvalue weighted by Crippen LogP contribution is 2.28. The second kappa shape index (κ2) is 6.78. The van der Waals surface area contributed by atoms with Crippen molar-refractivity contribution >= 4 is 5.91 Å². The number of carbonyl (C=O) groups excluding carboxylic acids is 1. The number of halogens is 1. The van der Waals surface area contributed by atoms with Crippen molar-refractivity contribution in [3.63, 3.8) is 0 Å². The fourth-order valence-electron chi connectivity index (χ4n) is 3.80. The lowest BCUT2D eigenvalue weighted by atomic mass is 9.86. The number of hydrogen-bond acceptors (Lipinski definition) is 2. The summed E-state index contributed by atoms with van der Waals surface area (Å²) < 4.78 is 12.9. The van der Waals surface area contributed by atoms with Gasteiger partial charge >= 0.3 is 0 Å². The highest BCUT2D eigenvalue weighted by atomic mass is 19.1. The number of amides is 1. The van der Waals surface area contributed by atoms with Gasteiger partial charge in [0.25, 0.3) is 5.91 Å². The Morgan fingerprint density at radius 2 is 1.77 bits per heavy atom. The van der Waals surface area contributed by atoms with Crippen LogP contribution in [0.3, 0.4) is 0 Å². The van der Waals surface area contributed by atoms with Crippen molar-refractivity contribution < 1.29 is 9.18 Å². The fourth-order valence-corrected chi connectivity index (χ4v) is 3.80. The summed E-state index contributed by atoms with van der Waals surface area (Å²) in [5.74, 6) is 0.557. The van der Waals surface area contributed by atoms with E-state index < -0.39 is 0 Å². The molecule has 1 aromatic carbocycles. The lowest BCUT2D eigenvalue weighted by Crippen LogP contribution is -2.52. The second-order valence-electron chi connectivity index (χ2n) is 6.76. The number of rotatable bonds is 2. The molecule has 1 aliphatic heterocycles. The molecule has 0 aromatic heterocycles. The van der Waals surface area contributed by atoms with Crippen LogP contribution in [0.1, 0.15) is 43.0 Å². The second-order valence-corrected chi connectivity index (χ2v) is 6.76. The molecule has 2 aliphatic rings. The van der Waals surface area contributed by atoms with E-state index in [1.807, 2.05) is 4.90 Å². The molecule has 0 bridgehead atoms. The van der Waals surface area contributed by atoms with Gasteiger partial charge in [-0.15, -0.1) is 0 Å². The molecule has 0 N–H and O–H groups in total. The van der Waals surface area contributed by atoms with Crippen molar-refractivity contribution in [1.29, 1.82) is 0 Å². The first-order valence-corrected chi connectivity index (χ1v) is 8.42. The molecular weight excluding hydrogens is 279 g/mol. The average molecular weight is 304 g/mol. The van der Waals surface area contributed by atoms with E-state index in [-0.39, 0.29) is 11.7 Å². The molecule has 3 rings (SSSR count). The van der Waals surface area contributed by atoms with Gasteiger partial charge in [-0.3, -0.25) is 9.69 Å². The van der Waals surface area contributed by atoms with Crippen LogP contribution in [0.5, 0.6) is 0 Å². The molecule has 3 nitrogen and oxygen atoms in total. The van der Waals surface area contributed by atoms with Gasteiger partial charge in [-0.05, 0) is 43.0 Å². The molecule has 0 spiro atoms. The first kappa shape index (κ1) is 15.5. The number of hydrogen-bond donors (Lipinski definition) is 0. The van der Waals surface area contributed by atoms with E-state index in [0.29, 0.717) is 11.6 Å². The van der Waals surface area contributed by atoms with Crippen molar-refractivity contribution in [2.75, 3.05) is 26.2 Å². The van der Waals surface area contributed by atoms with Gasteiger partial charge in [0.15, 0.2) is 0 Å². The Balaban J connectivity index is 1.55. The molecule has 0 radical (unpaired) electrons. The number of carbonyl (C=O) groups is 1. The van der Waals surface area contributed by atoms with Crippen molar-refractivity contribution in [2.24, 2.45) is 5.92 Å². The van der Waals surface area contributed by atoms with E-state index in [1.165, 1.54) is 37.8 Å². The van der Waals surface area contributed by atoms with E-state index in [2.05, 4.69) is 11.8 Å². The van der Waals surface area contributed by atoms with Crippen LogP contribution in [0, 0.1) is 11.7 Å². The topological polar surface area (TPSA) is 23.6 Å². The zero-order chi connectivity index (χ0) is 15.5. The summed E-state index contributed by atoms with van der Waals surface area (Å²) in [5, 5.41) is 0. The smallest absolute Gasteiger partial charge is 0.253 e. The number of benzene rings is 1. The lowest BCUT2D eigenvalue weighted by Gasteiger charge is -2.42. The Kier molecular flexibility index (Phi) is 4.77. The Morgan fingerprint density at radius 3 is 2.41 bits per heavy atom. The Morgan fingerprint density at radius 1 is 1.09 bits per heavy atom. The monoisotopic (exact) mass is 304 g/mol. The van der Waals surface area contributed by atoms with Gasteiger partial charge in [-0.25, -0.2) is 4.39 Å². The van der Waals surface area contributed by atoms with Gasteiger partial charge in [0.1, 0.15) is 5.82 Å². The van der Waals surface area contributed by atoms with Crippen LogP contribution >= 0.6 is 0 Å². The van der Waals surface area contributed by atoms with Gasteiger partial charge in [0.05, 0.1) is 0 Å². The number of piperazine rings is 1. The molecule has 4 heteroatoms. The predicted octanol–water partition coefficient (Wildman–Crippen LogP) is 3.16. The van der Waals surface area contributed by atoms with Gasteiger partial charge in [-0.2, -0.15) is 0 Å². The van der Waals surface area contributed by atoms with E-state index in [1.54, 1.807) is 12.1 Å². The quantitative estimate of drug-likeness (QED) is 0.838. The third-order valence-electron chi connectivity index (χ3n) is 5.12. The minimum absolute atomic E-state index is 0.0247. The van der Waals surface area contributed by atoms with Crippen LogP contribution in [-0.4, -0.2) is 47.9 Å². The van der Waals surface area contributed by atoms with Crippen LogP contribution < -0.4 is 0 Å². The molecule has 2 fully saturated rings. The molecule has 1 aliphatic carbocycles. The van der Waals surface area contributed by atoms with E-state index >= 15 is 0 Å². The standard InChI is InChI=1S/C18H25FN2O/c1-14-3-2-4-17(13-14)20-9-11-21(12-10-20)18(22)15-5-7-16(19)8-6-15/h5-8,14,17H,2-4,9-13H2,1H3/t14-,17+/m1/s1. The Labute approximate surface area is 132 Å². The van der Waals surface area contributed by atoms with Crippen molar-refractivity contribution in [2.45, 2.75) is 38.6 Å². The lowest BCUT2D eigenvalue weighted by molar-refractivity contribution is 0.0489. The summed E-state index contributed by atoms with van der Waals surface area (Å²) in [4.78, 5) is 16.9. The first-order chi connectivity index (χ1) is 10.6. The molecule has 2 atom stereocenters. The van der Waals surface area contributed by atoms with Crippen LogP contribution in [-0.2, 0) is 0 Å². The molecule has 1 heterocycles. The normalized spacial score (nSPS) is 26.9. The number of nitrogens with zero attached hydrogens (tertiary/aromatic N) is 2. The van der Waals surface area contributed by atoms with Crippen molar-refractivity contribution in [3.8, 4) is 0 Å². The first-order valence-electron chi connectivity index (χ1n) is 8.42. The predicted molar refractivity (Wildman–Crippen MR) is 85.3 cm³/mol. The fraction of sp³-hybridized carbons (Fsp3) is 0.611.